The minimum absolute atomic E-state index is 0.205. The maximum Gasteiger partial charge on any atom is 0.531 e. The number of hydrogen-bond donors (Lipinski definition) is 0. The van der Waals surface area contributed by atoms with Crippen molar-refractivity contribution < 1.29 is 22.9 Å². The fourth-order valence-electron chi connectivity index (χ4n) is 0.524. The average molecular weight is 196 g/mol. The molecule has 0 aliphatic carbocycles. The van der Waals surface area contributed by atoms with E-state index < -0.39 is 13.8 Å². The van der Waals surface area contributed by atoms with Gasteiger partial charge in [0.15, 0.2) is 0 Å². The molecule has 0 aromatic carbocycles. The molecule has 0 N–H and O–H groups in total. The second-order valence-corrected chi connectivity index (χ2v) is 3.83. The minimum Gasteiger partial charge on any atom is -0.370 e. The lowest BCUT2D eigenvalue weighted by molar-refractivity contribution is -0.136. The molecule has 72 valence electrons. The van der Waals surface area contributed by atoms with Gasteiger partial charge in [0.25, 0.3) is 0 Å². The second-order valence-electron chi connectivity index (χ2n) is 2.03. The first-order chi connectivity index (χ1) is 5.58. The predicted octanol–water partition coefficient (Wildman–Crippen LogP) is 1.73. The van der Waals surface area contributed by atoms with Crippen LogP contribution in [0.25, 0.3) is 0 Å². The summed E-state index contributed by atoms with van der Waals surface area (Å²) in [6, 6.07) is 0. The summed E-state index contributed by atoms with van der Waals surface area (Å²) in [5, 5.41) is 0. The van der Waals surface area contributed by atoms with Crippen molar-refractivity contribution in [2.24, 2.45) is 0 Å². The van der Waals surface area contributed by atoms with Crippen molar-refractivity contribution in [3.8, 4) is 0 Å². The summed E-state index contributed by atoms with van der Waals surface area (Å²) in [6.07, 6.45) is 0.836. The quantitative estimate of drug-likeness (QED) is 0.626. The van der Waals surface area contributed by atoms with Gasteiger partial charge in [0.05, 0.1) is 0 Å². The molecule has 12 heavy (non-hydrogen) atoms. The number of carbonyl (C=O) groups excluding carboxylic acids is 1. The average Bonchev–Trinajstić information content (AvgIpc) is 2.05. The van der Waals surface area contributed by atoms with E-state index in [-0.39, 0.29) is 6.42 Å². The van der Waals surface area contributed by atoms with E-state index >= 15 is 0 Å². The standard InChI is InChI=1S/C6H13O5P/c1-4-5-6(7)11-12(8,9-2)10-3/h4-5H2,1-3H3. The number of carbonyl (C=O) groups is 1. The van der Waals surface area contributed by atoms with Crippen LogP contribution in [0.15, 0.2) is 0 Å². The van der Waals surface area contributed by atoms with E-state index in [1.807, 2.05) is 6.92 Å². The fraction of sp³-hybridized carbons (Fsp3) is 0.833. The van der Waals surface area contributed by atoms with Crippen LogP contribution in [-0.2, 0) is 22.9 Å². The summed E-state index contributed by atoms with van der Waals surface area (Å²) < 4.78 is 24.4. The summed E-state index contributed by atoms with van der Waals surface area (Å²) >= 11 is 0. The maximum absolute atomic E-state index is 11.1. The highest BCUT2D eigenvalue weighted by molar-refractivity contribution is 7.49. The number of hydrogen-bond acceptors (Lipinski definition) is 5. The Labute approximate surface area is 71.6 Å². The lowest BCUT2D eigenvalue weighted by Crippen LogP contribution is -2.03. The molecule has 0 atom stereocenters. The van der Waals surface area contributed by atoms with Crippen molar-refractivity contribution in [3.63, 3.8) is 0 Å². The fourth-order valence-corrected chi connectivity index (χ4v) is 1.16. The molecule has 0 unspecified atom stereocenters. The van der Waals surface area contributed by atoms with Gasteiger partial charge in [0.1, 0.15) is 0 Å². The van der Waals surface area contributed by atoms with E-state index in [2.05, 4.69) is 13.6 Å². The van der Waals surface area contributed by atoms with Crippen LogP contribution in [0, 0.1) is 0 Å². The predicted molar refractivity (Wildman–Crippen MR) is 42.6 cm³/mol. The summed E-state index contributed by atoms with van der Waals surface area (Å²) in [5.41, 5.74) is 0. The van der Waals surface area contributed by atoms with Gasteiger partial charge in [-0.15, -0.1) is 0 Å². The molecule has 0 aliphatic rings. The Hall–Kier alpha value is -0.380. The molecule has 0 spiro atoms. The van der Waals surface area contributed by atoms with E-state index in [4.69, 9.17) is 0 Å². The number of rotatable bonds is 5. The van der Waals surface area contributed by atoms with Gasteiger partial charge in [-0.1, -0.05) is 6.92 Å². The molecule has 0 aliphatic heterocycles. The molecule has 5 nitrogen and oxygen atoms in total. The van der Waals surface area contributed by atoms with Crippen LogP contribution in [0.2, 0.25) is 0 Å². The molecule has 0 saturated carbocycles. The highest BCUT2D eigenvalue weighted by atomic mass is 31.2. The van der Waals surface area contributed by atoms with E-state index in [0.29, 0.717) is 6.42 Å². The Morgan fingerprint density at radius 2 is 1.83 bits per heavy atom. The van der Waals surface area contributed by atoms with Crippen LogP contribution in [0.3, 0.4) is 0 Å². The van der Waals surface area contributed by atoms with E-state index in [1.165, 1.54) is 0 Å². The largest absolute Gasteiger partial charge is 0.531 e. The minimum atomic E-state index is -3.62. The van der Waals surface area contributed by atoms with Gasteiger partial charge in [-0.05, 0) is 6.42 Å². The molecular formula is C6H13O5P. The topological polar surface area (TPSA) is 61.8 Å². The summed E-state index contributed by atoms with van der Waals surface area (Å²) in [5.74, 6) is -0.579. The lowest BCUT2D eigenvalue weighted by Gasteiger charge is -2.11. The summed E-state index contributed by atoms with van der Waals surface area (Å²) in [7, 11) is -1.30. The smallest absolute Gasteiger partial charge is 0.370 e. The highest BCUT2D eigenvalue weighted by Crippen LogP contribution is 2.47. The molecule has 0 aromatic rings. The molecule has 0 rings (SSSR count). The Kier molecular flexibility index (Phi) is 5.13. The van der Waals surface area contributed by atoms with Crippen molar-refractivity contribution in [2.45, 2.75) is 19.8 Å². The summed E-state index contributed by atoms with van der Waals surface area (Å²) in [4.78, 5) is 10.8. The Balaban J connectivity index is 4.03. The Morgan fingerprint density at radius 1 is 1.33 bits per heavy atom. The Bertz CT molecular complexity index is 182. The molecule has 0 radical (unpaired) electrons. The third-order valence-corrected chi connectivity index (χ3v) is 2.44. The first kappa shape index (κ1) is 11.6. The second kappa shape index (κ2) is 5.30. The SMILES string of the molecule is CCCC(=O)OP(=O)(OC)OC. The molecule has 0 fully saturated rings. The molecule has 0 heterocycles. The van der Waals surface area contributed by atoms with Gasteiger partial charge in [-0.25, -0.2) is 4.57 Å². The van der Waals surface area contributed by atoms with Gasteiger partial charge in [0.2, 0.25) is 0 Å². The Morgan fingerprint density at radius 3 is 2.17 bits per heavy atom. The van der Waals surface area contributed by atoms with Crippen LogP contribution in [0.4, 0.5) is 0 Å². The van der Waals surface area contributed by atoms with Gasteiger partial charge < -0.3 is 4.52 Å². The lowest BCUT2D eigenvalue weighted by atomic mass is 10.4. The van der Waals surface area contributed by atoms with Crippen molar-refractivity contribution in [1.82, 2.24) is 0 Å². The monoisotopic (exact) mass is 196 g/mol. The van der Waals surface area contributed by atoms with Gasteiger partial charge >= 0.3 is 13.8 Å². The van der Waals surface area contributed by atoms with Gasteiger partial charge in [-0.2, -0.15) is 0 Å². The molecule has 0 amide bonds. The van der Waals surface area contributed by atoms with Crippen LogP contribution < -0.4 is 0 Å². The van der Waals surface area contributed by atoms with Crippen LogP contribution >= 0.6 is 7.82 Å². The van der Waals surface area contributed by atoms with Crippen molar-refractivity contribution in [3.05, 3.63) is 0 Å². The first-order valence-electron chi connectivity index (χ1n) is 3.52. The normalized spacial score (nSPS) is 11.2. The molecule has 0 saturated heterocycles. The van der Waals surface area contributed by atoms with E-state index in [1.54, 1.807) is 0 Å². The third kappa shape index (κ3) is 3.85. The summed E-state index contributed by atoms with van der Waals surface area (Å²) in [6.45, 7) is 1.81. The number of phosphoric ester groups is 1. The zero-order valence-electron chi connectivity index (χ0n) is 7.40. The van der Waals surface area contributed by atoms with Crippen molar-refractivity contribution >= 4 is 13.8 Å². The van der Waals surface area contributed by atoms with Crippen molar-refractivity contribution in [1.29, 1.82) is 0 Å². The van der Waals surface area contributed by atoms with E-state index in [0.717, 1.165) is 14.2 Å². The van der Waals surface area contributed by atoms with Gasteiger partial charge in [0, 0.05) is 20.6 Å². The van der Waals surface area contributed by atoms with Gasteiger partial charge in [-0.3, -0.25) is 13.8 Å². The number of phosphoric acid groups is 1. The molecule has 0 aromatic heterocycles. The van der Waals surface area contributed by atoms with E-state index in [9.17, 15) is 9.36 Å². The van der Waals surface area contributed by atoms with Crippen LogP contribution in [0.5, 0.6) is 0 Å². The highest BCUT2D eigenvalue weighted by Gasteiger charge is 2.26. The van der Waals surface area contributed by atoms with Crippen molar-refractivity contribution in [2.75, 3.05) is 14.2 Å². The molecule has 0 bridgehead atoms. The zero-order chi connectivity index (χ0) is 9.61. The van der Waals surface area contributed by atoms with Crippen LogP contribution in [-0.4, -0.2) is 20.2 Å². The molecular weight excluding hydrogens is 183 g/mol. The first-order valence-corrected chi connectivity index (χ1v) is 4.98. The zero-order valence-corrected chi connectivity index (χ0v) is 8.30. The maximum atomic E-state index is 11.1. The molecule has 6 heteroatoms. The third-order valence-electron chi connectivity index (χ3n) is 1.11. The van der Waals surface area contributed by atoms with Crippen LogP contribution in [0.1, 0.15) is 19.8 Å².